The van der Waals surface area contributed by atoms with Gasteiger partial charge < -0.3 is 9.47 Å². The zero-order chi connectivity index (χ0) is 14.1. The molecule has 0 saturated heterocycles. The van der Waals surface area contributed by atoms with Crippen LogP contribution in [0.15, 0.2) is 29.8 Å². The van der Waals surface area contributed by atoms with Crippen LogP contribution in [0.25, 0.3) is 6.08 Å². The van der Waals surface area contributed by atoms with Crippen LogP contribution in [0.1, 0.15) is 25.3 Å². The molecule has 0 N–H and O–H groups in total. The van der Waals surface area contributed by atoms with Crippen LogP contribution >= 0.6 is 0 Å². The largest absolute Gasteiger partial charge is 0.496 e. The van der Waals surface area contributed by atoms with Gasteiger partial charge in [0.15, 0.2) is 0 Å². The summed E-state index contributed by atoms with van der Waals surface area (Å²) in [7, 11) is 1.54. The van der Waals surface area contributed by atoms with Gasteiger partial charge >= 0.3 is 5.97 Å². The maximum Gasteiger partial charge on any atom is 0.348 e. The van der Waals surface area contributed by atoms with E-state index in [1.165, 1.54) is 13.2 Å². The first-order valence-corrected chi connectivity index (χ1v) is 6.14. The van der Waals surface area contributed by atoms with E-state index in [2.05, 4.69) is 0 Å². The Morgan fingerprint density at radius 1 is 1.42 bits per heavy atom. The number of unbranched alkanes of at least 4 members (excludes halogenated alkanes) is 1. The fraction of sp³-hybridized carbons (Fsp3) is 0.333. The average molecular weight is 259 g/mol. The molecule has 0 heterocycles. The Hall–Kier alpha value is -2.28. The summed E-state index contributed by atoms with van der Waals surface area (Å²) in [5.41, 5.74) is 0.648. The Balaban J connectivity index is 2.87. The van der Waals surface area contributed by atoms with Gasteiger partial charge in [0.25, 0.3) is 0 Å². The van der Waals surface area contributed by atoms with Crippen molar-refractivity contribution in [1.82, 2.24) is 0 Å². The highest BCUT2D eigenvalue weighted by Crippen LogP contribution is 2.20. The highest BCUT2D eigenvalue weighted by atomic mass is 16.5. The summed E-state index contributed by atoms with van der Waals surface area (Å²) < 4.78 is 10.2. The van der Waals surface area contributed by atoms with Gasteiger partial charge in [0.1, 0.15) is 17.4 Å². The minimum Gasteiger partial charge on any atom is -0.496 e. The Kier molecular flexibility index (Phi) is 6.17. The van der Waals surface area contributed by atoms with E-state index in [0.29, 0.717) is 17.9 Å². The van der Waals surface area contributed by atoms with Gasteiger partial charge in [-0.1, -0.05) is 31.5 Å². The van der Waals surface area contributed by atoms with Crippen molar-refractivity contribution in [2.45, 2.75) is 19.8 Å². The Morgan fingerprint density at radius 2 is 2.16 bits per heavy atom. The molecule has 0 spiro atoms. The molecular formula is C15H17NO3. The lowest BCUT2D eigenvalue weighted by Crippen LogP contribution is -2.07. The maximum absolute atomic E-state index is 11.7. The van der Waals surface area contributed by atoms with Gasteiger partial charge in [0.05, 0.1) is 13.7 Å². The molecule has 19 heavy (non-hydrogen) atoms. The number of nitriles is 1. The number of hydrogen-bond acceptors (Lipinski definition) is 4. The zero-order valence-electron chi connectivity index (χ0n) is 11.2. The lowest BCUT2D eigenvalue weighted by atomic mass is 10.1. The minimum absolute atomic E-state index is 0.0272. The summed E-state index contributed by atoms with van der Waals surface area (Å²) in [4.78, 5) is 11.7. The van der Waals surface area contributed by atoms with Gasteiger partial charge in [-0.05, 0) is 18.6 Å². The quantitative estimate of drug-likeness (QED) is 0.341. The number of hydrogen-bond donors (Lipinski definition) is 0. The van der Waals surface area contributed by atoms with Gasteiger partial charge in [0.2, 0.25) is 0 Å². The number of benzene rings is 1. The van der Waals surface area contributed by atoms with Crippen molar-refractivity contribution in [3.8, 4) is 11.8 Å². The molecule has 1 rings (SSSR count). The van der Waals surface area contributed by atoms with E-state index < -0.39 is 5.97 Å². The first-order valence-electron chi connectivity index (χ1n) is 6.14. The van der Waals surface area contributed by atoms with Crippen LogP contribution in [0.5, 0.6) is 5.75 Å². The lowest BCUT2D eigenvalue weighted by molar-refractivity contribution is -0.138. The van der Waals surface area contributed by atoms with Gasteiger partial charge in [-0.3, -0.25) is 0 Å². The summed E-state index contributed by atoms with van der Waals surface area (Å²) in [5.74, 6) is 0.0125. The van der Waals surface area contributed by atoms with E-state index in [-0.39, 0.29) is 5.57 Å². The van der Waals surface area contributed by atoms with Crippen molar-refractivity contribution in [2.75, 3.05) is 13.7 Å². The third-order valence-corrected chi connectivity index (χ3v) is 2.51. The average Bonchev–Trinajstić information content (AvgIpc) is 2.45. The molecule has 0 aliphatic heterocycles. The number of nitrogens with zero attached hydrogens (tertiary/aromatic N) is 1. The molecule has 0 aliphatic carbocycles. The summed E-state index contributed by atoms with van der Waals surface area (Å²) in [6.07, 6.45) is 3.21. The number of esters is 1. The third kappa shape index (κ3) is 4.47. The highest BCUT2D eigenvalue weighted by molar-refractivity contribution is 5.98. The molecule has 4 heteroatoms. The standard InChI is InChI=1S/C15H17NO3/c1-3-4-9-19-15(17)13(11-16)10-12-7-5-6-8-14(12)18-2/h5-8,10H,3-4,9H2,1-2H3. The monoisotopic (exact) mass is 259 g/mol. The van der Waals surface area contributed by atoms with E-state index in [9.17, 15) is 4.79 Å². The predicted octanol–water partition coefficient (Wildman–Crippen LogP) is 2.95. The van der Waals surface area contributed by atoms with Crippen LogP contribution < -0.4 is 4.74 Å². The summed E-state index contributed by atoms with van der Waals surface area (Å²) >= 11 is 0. The van der Waals surface area contributed by atoms with Crippen molar-refractivity contribution in [2.24, 2.45) is 0 Å². The fourth-order valence-electron chi connectivity index (χ4n) is 1.46. The van der Waals surface area contributed by atoms with Crippen molar-refractivity contribution in [3.05, 3.63) is 35.4 Å². The Labute approximate surface area is 113 Å². The number of carbonyl (C=O) groups is 1. The molecule has 100 valence electrons. The summed E-state index contributed by atoms with van der Waals surface area (Å²) in [6.45, 7) is 2.34. The van der Waals surface area contributed by atoms with Crippen LogP contribution in [-0.2, 0) is 9.53 Å². The molecule has 0 bridgehead atoms. The van der Waals surface area contributed by atoms with Crippen LogP contribution in [0.2, 0.25) is 0 Å². The third-order valence-electron chi connectivity index (χ3n) is 2.51. The molecule has 0 saturated carbocycles. The van der Waals surface area contributed by atoms with Gasteiger partial charge in [-0.15, -0.1) is 0 Å². The first-order chi connectivity index (χ1) is 9.22. The van der Waals surface area contributed by atoms with Gasteiger partial charge in [0, 0.05) is 5.56 Å². The van der Waals surface area contributed by atoms with E-state index in [0.717, 1.165) is 12.8 Å². The predicted molar refractivity (Wildman–Crippen MR) is 72.5 cm³/mol. The molecule has 0 radical (unpaired) electrons. The number of ether oxygens (including phenoxy) is 2. The van der Waals surface area contributed by atoms with Crippen molar-refractivity contribution in [1.29, 1.82) is 5.26 Å². The molecule has 0 fully saturated rings. The molecule has 0 aromatic heterocycles. The fourth-order valence-corrected chi connectivity index (χ4v) is 1.46. The van der Waals surface area contributed by atoms with Crippen LogP contribution in [0, 0.1) is 11.3 Å². The smallest absolute Gasteiger partial charge is 0.348 e. The Bertz CT molecular complexity index is 500. The van der Waals surface area contributed by atoms with Crippen molar-refractivity contribution in [3.63, 3.8) is 0 Å². The van der Waals surface area contributed by atoms with E-state index in [1.54, 1.807) is 12.1 Å². The normalized spacial score (nSPS) is 10.7. The maximum atomic E-state index is 11.7. The highest BCUT2D eigenvalue weighted by Gasteiger charge is 2.11. The number of methoxy groups -OCH3 is 1. The van der Waals surface area contributed by atoms with Crippen LogP contribution in [0.3, 0.4) is 0 Å². The number of rotatable bonds is 6. The zero-order valence-corrected chi connectivity index (χ0v) is 11.2. The van der Waals surface area contributed by atoms with Gasteiger partial charge in [-0.25, -0.2) is 4.79 Å². The topological polar surface area (TPSA) is 59.3 Å². The van der Waals surface area contributed by atoms with Crippen molar-refractivity contribution >= 4 is 12.0 Å². The van der Waals surface area contributed by atoms with Crippen LogP contribution in [0.4, 0.5) is 0 Å². The minimum atomic E-state index is -0.596. The summed E-state index contributed by atoms with van der Waals surface area (Å²) in [5, 5.41) is 9.02. The molecule has 0 unspecified atom stereocenters. The molecule has 1 aromatic rings. The second kappa shape index (κ2) is 7.93. The molecule has 4 nitrogen and oxygen atoms in total. The number of para-hydroxylation sites is 1. The number of carbonyl (C=O) groups excluding carboxylic acids is 1. The Morgan fingerprint density at radius 3 is 2.79 bits per heavy atom. The second-order valence-corrected chi connectivity index (χ2v) is 3.90. The van der Waals surface area contributed by atoms with Crippen molar-refractivity contribution < 1.29 is 14.3 Å². The van der Waals surface area contributed by atoms with E-state index in [4.69, 9.17) is 14.7 Å². The van der Waals surface area contributed by atoms with Crippen LogP contribution in [-0.4, -0.2) is 19.7 Å². The molecule has 0 aliphatic rings. The van der Waals surface area contributed by atoms with E-state index in [1.807, 2.05) is 25.1 Å². The summed E-state index contributed by atoms with van der Waals surface area (Å²) in [6, 6.07) is 9.03. The molecule has 1 aromatic carbocycles. The SMILES string of the molecule is CCCCOC(=O)C(C#N)=Cc1ccccc1OC. The lowest BCUT2D eigenvalue weighted by Gasteiger charge is -2.05. The van der Waals surface area contributed by atoms with E-state index >= 15 is 0 Å². The molecule has 0 atom stereocenters. The first kappa shape index (κ1) is 14.8. The van der Waals surface area contributed by atoms with Gasteiger partial charge in [-0.2, -0.15) is 5.26 Å². The second-order valence-electron chi connectivity index (χ2n) is 3.90. The molecular weight excluding hydrogens is 242 g/mol. The molecule has 0 amide bonds.